The summed E-state index contributed by atoms with van der Waals surface area (Å²) in [5.41, 5.74) is 3.21. The molecule has 0 radical (unpaired) electrons. The van der Waals surface area contributed by atoms with Crippen LogP contribution in [0, 0.1) is 6.92 Å². The Labute approximate surface area is 113 Å². The maximum Gasteiger partial charge on any atom is 0.335 e. The summed E-state index contributed by atoms with van der Waals surface area (Å²) in [5.74, 6) is -0.925. The van der Waals surface area contributed by atoms with Gasteiger partial charge < -0.3 is 9.67 Å². The first kappa shape index (κ1) is 11.9. The van der Waals surface area contributed by atoms with Gasteiger partial charge >= 0.3 is 5.97 Å². The molecule has 19 heavy (non-hydrogen) atoms. The second-order valence-corrected chi connectivity index (χ2v) is 5.41. The number of carboxylic acid groups (broad SMARTS) is 1. The zero-order valence-electron chi connectivity index (χ0n) is 10.3. The van der Waals surface area contributed by atoms with Crippen LogP contribution in [0.2, 0.25) is 0 Å². The Morgan fingerprint density at radius 3 is 2.95 bits per heavy atom. The van der Waals surface area contributed by atoms with Crippen LogP contribution in [0.15, 0.2) is 36.0 Å². The predicted molar refractivity (Wildman–Crippen MR) is 74.9 cm³/mol. The number of fused-ring (bicyclic) bond motifs is 1. The molecule has 0 spiro atoms. The fourth-order valence-electron chi connectivity index (χ4n) is 2.04. The van der Waals surface area contributed by atoms with E-state index >= 15 is 0 Å². The van der Waals surface area contributed by atoms with Gasteiger partial charge in [-0.25, -0.2) is 9.78 Å². The van der Waals surface area contributed by atoms with Crippen molar-refractivity contribution in [2.24, 2.45) is 0 Å². The van der Waals surface area contributed by atoms with Crippen molar-refractivity contribution in [2.45, 2.75) is 13.5 Å². The van der Waals surface area contributed by atoms with E-state index in [0.717, 1.165) is 12.1 Å². The molecule has 0 aliphatic carbocycles. The van der Waals surface area contributed by atoms with Crippen LogP contribution in [0.4, 0.5) is 0 Å². The monoisotopic (exact) mass is 272 g/mol. The smallest absolute Gasteiger partial charge is 0.335 e. The lowest BCUT2D eigenvalue weighted by Gasteiger charge is -2.03. The van der Waals surface area contributed by atoms with Crippen molar-refractivity contribution >= 4 is 28.3 Å². The summed E-state index contributed by atoms with van der Waals surface area (Å²) in [7, 11) is 0. The molecular weight excluding hydrogens is 260 g/mol. The molecule has 1 aromatic carbocycles. The van der Waals surface area contributed by atoms with Crippen LogP contribution in [0.1, 0.15) is 20.8 Å². The molecule has 3 aromatic rings. The third-order valence-electron chi connectivity index (χ3n) is 3.15. The molecule has 0 unspecified atom stereocenters. The number of aromatic nitrogens is 2. The molecule has 0 fully saturated rings. The van der Waals surface area contributed by atoms with Gasteiger partial charge in [0.15, 0.2) is 0 Å². The van der Waals surface area contributed by atoms with E-state index in [1.807, 2.05) is 10.6 Å². The molecule has 0 saturated heterocycles. The summed E-state index contributed by atoms with van der Waals surface area (Å²) in [4.78, 5) is 16.5. The standard InChI is InChI=1S/C14H12N2O2S/c1-9-4-5-19-13(9)7-16-8-15-11-6-10(14(17)18)2-3-12(11)16/h2-6,8H,7H2,1H3,(H,17,18). The van der Waals surface area contributed by atoms with E-state index in [2.05, 4.69) is 23.4 Å². The van der Waals surface area contributed by atoms with E-state index < -0.39 is 5.97 Å². The van der Waals surface area contributed by atoms with E-state index in [1.165, 1.54) is 10.4 Å². The predicted octanol–water partition coefficient (Wildman–Crippen LogP) is 3.15. The first-order valence-corrected chi connectivity index (χ1v) is 6.74. The number of thiophene rings is 1. The first-order chi connectivity index (χ1) is 9.15. The minimum Gasteiger partial charge on any atom is -0.478 e. The van der Waals surface area contributed by atoms with Crippen molar-refractivity contribution in [2.75, 3.05) is 0 Å². The van der Waals surface area contributed by atoms with Crippen molar-refractivity contribution in [3.05, 3.63) is 52.0 Å². The summed E-state index contributed by atoms with van der Waals surface area (Å²) < 4.78 is 2.04. The van der Waals surface area contributed by atoms with Crippen molar-refractivity contribution in [1.29, 1.82) is 0 Å². The number of hydrogen-bond acceptors (Lipinski definition) is 3. The third-order valence-corrected chi connectivity index (χ3v) is 4.16. The zero-order valence-corrected chi connectivity index (χ0v) is 11.1. The number of nitrogens with zero attached hydrogens (tertiary/aromatic N) is 2. The quantitative estimate of drug-likeness (QED) is 0.796. The molecule has 0 atom stereocenters. The van der Waals surface area contributed by atoms with Gasteiger partial charge in [0, 0.05) is 4.88 Å². The lowest BCUT2D eigenvalue weighted by molar-refractivity contribution is 0.0697. The van der Waals surface area contributed by atoms with Gasteiger partial charge in [-0.1, -0.05) is 0 Å². The van der Waals surface area contributed by atoms with E-state index in [0.29, 0.717) is 5.52 Å². The highest BCUT2D eigenvalue weighted by Gasteiger charge is 2.09. The van der Waals surface area contributed by atoms with Crippen molar-refractivity contribution in [1.82, 2.24) is 9.55 Å². The maximum atomic E-state index is 10.9. The second kappa shape index (κ2) is 4.51. The lowest BCUT2D eigenvalue weighted by Crippen LogP contribution is -1.98. The summed E-state index contributed by atoms with van der Waals surface area (Å²) in [5, 5.41) is 11.0. The molecule has 2 heterocycles. The molecular formula is C14H12N2O2S. The van der Waals surface area contributed by atoms with E-state index in [-0.39, 0.29) is 5.56 Å². The summed E-state index contributed by atoms with van der Waals surface area (Å²) >= 11 is 1.72. The number of carbonyl (C=O) groups is 1. The second-order valence-electron chi connectivity index (χ2n) is 4.41. The van der Waals surface area contributed by atoms with Crippen LogP contribution in [-0.4, -0.2) is 20.6 Å². The van der Waals surface area contributed by atoms with E-state index in [4.69, 9.17) is 5.11 Å². The number of hydrogen-bond donors (Lipinski definition) is 1. The van der Waals surface area contributed by atoms with Gasteiger partial charge in [-0.15, -0.1) is 11.3 Å². The van der Waals surface area contributed by atoms with Gasteiger partial charge in [-0.3, -0.25) is 0 Å². The molecule has 0 amide bonds. The van der Waals surface area contributed by atoms with Crippen LogP contribution < -0.4 is 0 Å². The zero-order chi connectivity index (χ0) is 13.4. The number of aromatic carboxylic acids is 1. The van der Waals surface area contributed by atoms with E-state index in [1.54, 1.807) is 29.8 Å². The molecule has 0 saturated carbocycles. The van der Waals surface area contributed by atoms with Gasteiger partial charge in [-0.2, -0.15) is 0 Å². The van der Waals surface area contributed by atoms with Gasteiger partial charge in [0.2, 0.25) is 0 Å². The molecule has 5 heteroatoms. The van der Waals surface area contributed by atoms with Crippen LogP contribution in [0.5, 0.6) is 0 Å². The van der Waals surface area contributed by atoms with Crippen LogP contribution in [0.3, 0.4) is 0 Å². The molecule has 0 aliphatic rings. The lowest BCUT2D eigenvalue weighted by atomic mass is 10.2. The number of benzene rings is 1. The third kappa shape index (κ3) is 2.13. The van der Waals surface area contributed by atoms with Crippen LogP contribution >= 0.6 is 11.3 Å². The van der Waals surface area contributed by atoms with Gasteiger partial charge in [0.05, 0.1) is 29.5 Å². The Kier molecular flexibility index (Phi) is 2.83. The fourth-order valence-corrected chi connectivity index (χ4v) is 2.95. The van der Waals surface area contributed by atoms with Gasteiger partial charge in [0.1, 0.15) is 0 Å². The molecule has 3 rings (SSSR count). The molecule has 1 N–H and O–H groups in total. The highest BCUT2D eigenvalue weighted by atomic mass is 32.1. The minimum atomic E-state index is -0.925. The highest BCUT2D eigenvalue weighted by molar-refractivity contribution is 7.10. The Morgan fingerprint density at radius 2 is 2.26 bits per heavy atom. The Balaban J connectivity index is 2.02. The maximum absolute atomic E-state index is 10.9. The molecule has 0 bridgehead atoms. The van der Waals surface area contributed by atoms with Gasteiger partial charge in [0.25, 0.3) is 0 Å². The normalized spacial score (nSPS) is 11.0. The molecule has 2 aromatic heterocycles. The highest BCUT2D eigenvalue weighted by Crippen LogP contribution is 2.21. The number of rotatable bonds is 3. The van der Waals surface area contributed by atoms with E-state index in [9.17, 15) is 4.79 Å². The largest absolute Gasteiger partial charge is 0.478 e. The van der Waals surface area contributed by atoms with Crippen molar-refractivity contribution < 1.29 is 9.90 Å². The average molecular weight is 272 g/mol. The summed E-state index contributed by atoms with van der Waals surface area (Å²) in [6.45, 7) is 2.86. The SMILES string of the molecule is Cc1ccsc1Cn1cnc2cc(C(=O)O)ccc21. The Bertz CT molecular complexity index is 758. The molecule has 0 aliphatic heterocycles. The Morgan fingerprint density at radius 1 is 1.42 bits per heavy atom. The average Bonchev–Trinajstić information content (AvgIpc) is 2.97. The number of imidazole rings is 1. The minimum absolute atomic E-state index is 0.269. The first-order valence-electron chi connectivity index (χ1n) is 5.86. The van der Waals surface area contributed by atoms with Crippen LogP contribution in [0.25, 0.3) is 11.0 Å². The van der Waals surface area contributed by atoms with Gasteiger partial charge in [-0.05, 0) is 42.1 Å². The summed E-state index contributed by atoms with van der Waals surface area (Å²) in [6, 6.07) is 7.13. The van der Waals surface area contributed by atoms with Crippen molar-refractivity contribution in [3.63, 3.8) is 0 Å². The molecule has 4 nitrogen and oxygen atoms in total. The van der Waals surface area contributed by atoms with Crippen molar-refractivity contribution in [3.8, 4) is 0 Å². The Hall–Kier alpha value is -2.14. The number of carboxylic acids is 1. The topological polar surface area (TPSA) is 55.1 Å². The number of aryl methyl sites for hydroxylation is 1. The summed E-state index contributed by atoms with van der Waals surface area (Å²) in [6.07, 6.45) is 1.76. The van der Waals surface area contributed by atoms with Crippen LogP contribution in [-0.2, 0) is 6.54 Å². The molecule has 96 valence electrons. The fraction of sp³-hybridized carbons (Fsp3) is 0.143.